The summed E-state index contributed by atoms with van der Waals surface area (Å²) in [5, 5.41) is 3.59. The number of likely N-dealkylation sites (N-methyl/N-ethyl adjacent to an activating group) is 1. The standard InChI is InChI=1S/C17H28N2O/c1-14-6-4-5-7-17(14)15-12-16(13-15)18-8-10-20-11-9-19(2)3/h4-7,15-16,18H,8-13H2,1-3H3. The van der Waals surface area contributed by atoms with Crippen molar-refractivity contribution in [2.24, 2.45) is 0 Å². The van der Waals surface area contributed by atoms with E-state index in [1.165, 1.54) is 24.0 Å². The SMILES string of the molecule is Cc1ccccc1C1CC(NCCOCCN(C)C)C1. The first kappa shape index (κ1) is 15.5. The summed E-state index contributed by atoms with van der Waals surface area (Å²) in [7, 11) is 4.14. The molecule has 1 N–H and O–H groups in total. The van der Waals surface area contributed by atoms with Crippen molar-refractivity contribution in [3.05, 3.63) is 35.4 Å². The van der Waals surface area contributed by atoms with Crippen molar-refractivity contribution in [1.82, 2.24) is 10.2 Å². The lowest BCUT2D eigenvalue weighted by atomic mass is 9.74. The lowest BCUT2D eigenvalue weighted by Crippen LogP contribution is -2.41. The first-order valence-corrected chi connectivity index (χ1v) is 7.68. The summed E-state index contributed by atoms with van der Waals surface area (Å²) in [6.07, 6.45) is 2.53. The molecular formula is C17H28N2O. The third-order valence-electron chi connectivity index (χ3n) is 4.13. The molecule has 0 heterocycles. The number of aryl methyl sites for hydroxylation is 1. The highest BCUT2D eigenvalue weighted by Crippen LogP contribution is 2.38. The van der Waals surface area contributed by atoms with E-state index in [0.29, 0.717) is 6.04 Å². The highest BCUT2D eigenvalue weighted by molar-refractivity contribution is 5.31. The predicted molar refractivity (Wildman–Crippen MR) is 84.3 cm³/mol. The Morgan fingerprint density at radius 1 is 1.20 bits per heavy atom. The number of nitrogens with zero attached hydrogens (tertiary/aromatic N) is 1. The topological polar surface area (TPSA) is 24.5 Å². The van der Waals surface area contributed by atoms with Crippen LogP contribution in [0.4, 0.5) is 0 Å². The number of hydrogen-bond acceptors (Lipinski definition) is 3. The number of hydrogen-bond donors (Lipinski definition) is 1. The van der Waals surface area contributed by atoms with Gasteiger partial charge in [-0.25, -0.2) is 0 Å². The maximum atomic E-state index is 5.59. The van der Waals surface area contributed by atoms with E-state index in [1.807, 2.05) is 0 Å². The monoisotopic (exact) mass is 276 g/mol. The predicted octanol–water partition coefficient (Wildman–Crippen LogP) is 2.41. The fourth-order valence-corrected chi connectivity index (χ4v) is 2.77. The van der Waals surface area contributed by atoms with E-state index in [2.05, 4.69) is 55.5 Å². The molecule has 3 nitrogen and oxygen atoms in total. The van der Waals surface area contributed by atoms with Gasteiger partial charge in [0, 0.05) is 19.1 Å². The number of rotatable bonds is 8. The summed E-state index contributed by atoms with van der Waals surface area (Å²) in [6.45, 7) is 5.83. The van der Waals surface area contributed by atoms with Crippen LogP contribution < -0.4 is 5.32 Å². The average molecular weight is 276 g/mol. The van der Waals surface area contributed by atoms with Gasteiger partial charge >= 0.3 is 0 Å². The van der Waals surface area contributed by atoms with Crippen molar-refractivity contribution in [1.29, 1.82) is 0 Å². The normalized spacial score (nSPS) is 22.0. The Labute approximate surface area is 123 Å². The number of benzene rings is 1. The largest absolute Gasteiger partial charge is 0.379 e. The van der Waals surface area contributed by atoms with Crippen molar-refractivity contribution in [3.63, 3.8) is 0 Å². The Bertz CT molecular complexity index is 400. The Hall–Kier alpha value is -0.900. The highest BCUT2D eigenvalue weighted by Gasteiger charge is 2.30. The van der Waals surface area contributed by atoms with Crippen molar-refractivity contribution < 1.29 is 4.74 Å². The van der Waals surface area contributed by atoms with Crippen LogP contribution in [0.25, 0.3) is 0 Å². The van der Waals surface area contributed by atoms with E-state index >= 15 is 0 Å². The van der Waals surface area contributed by atoms with Gasteiger partial charge in [-0.05, 0) is 50.9 Å². The van der Waals surface area contributed by atoms with Gasteiger partial charge < -0.3 is 15.0 Å². The summed E-state index contributed by atoms with van der Waals surface area (Å²) < 4.78 is 5.59. The van der Waals surface area contributed by atoms with Gasteiger partial charge in [-0.1, -0.05) is 24.3 Å². The summed E-state index contributed by atoms with van der Waals surface area (Å²) in [4.78, 5) is 2.14. The third kappa shape index (κ3) is 4.58. The fourth-order valence-electron chi connectivity index (χ4n) is 2.77. The van der Waals surface area contributed by atoms with Crippen molar-refractivity contribution in [3.8, 4) is 0 Å². The molecule has 0 unspecified atom stereocenters. The van der Waals surface area contributed by atoms with Crippen LogP contribution in [-0.2, 0) is 4.74 Å². The van der Waals surface area contributed by atoms with Crippen LogP contribution in [0.2, 0.25) is 0 Å². The van der Waals surface area contributed by atoms with Crippen LogP contribution in [-0.4, -0.2) is 51.3 Å². The Morgan fingerprint density at radius 3 is 2.65 bits per heavy atom. The maximum Gasteiger partial charge on any atom is 0.0593 e. The zero-order valence-corrected chi connectivity index (χ0v) is 13.1. The summed E-state index contributed by atoms with van der Waals surface area (Å²) in [6, 6.07) is 9.45. The Kier molecular flexibility index (Phi) is 6.02. The first-order valence-electron chi connectivity index (χ1n) is 7.68. The van der Waals surface area contributed by atoms with Crippen LogP contribution in [0.1, 0.15) is 29.9 Å². The second-order valence-electron chi connectivity index (χ2n) is 6.09. The van der Waals surface area contributed by atoms with E-state index in [4.69, 9.17) is 4.74 Å². The molecular weight excluding hydrogens is 248 g/mol. The quantitative estimate of drug-likeness (QED) is 0.738. The zero-order chi connectivity index (χ0) is 14.4. The van der Waals surface area contributed by atoms with E-state index in [9.17, 15) is 0 Å². The van der Waals surface area contributed by atoms with Gasteiger partial charge in [0.15, 0.2) is 0 Å². The van der Waals surface area contributed by atoms with Gasteiger partial charge in [0.1, 0.15) is 0 Å². The molecule has 1 aromatic rings. The molecule has 1 saturated carbocycles. The summed E-state index contributed by atoms with van der Waals surface area (Å²) >= 11 is 0. The second-order valence-corrected chi connectivity index (χ2v) is 6.09. The van der Waals surface area contributed by atoms with Crippen LogP contribution >= 0.6 is 0 Å². The Balaban J connectivity index is 1.55. The van der Waals surface area contributed by atoms with Crippen LogP contribution in [0.3, 0.4) is 0 Å². The lowest BCUT2D eigenvalue weighted by molar-refractivity contribution is 0.114. The van der Waals surface area contributed by atoms with E-state index in [1.54, 1.807) is 0 Å². The van der Waals surface area contributed by atoms with Gasteiger partial charge in [0.05, 0.1) is 13.2 Å². The first-order chi connectivity index (χ1) is 9.66. The number of nitrogens with one attached hydrogen (secondary N) is 1. The van der Waals surface area contributed by atoms with Crippen LogP contribution in [0.5, 0.6) is 0 Å². The van der Waals surface area contributed by atoms with Gasteiger partial charge in [0.25, 0.3) is 0 Å². The van der Waals surface area contributed by atoms with Crippen LogP contribution in [0.15, 0.2) is 24.3 Å². The lowest BCUT2D eigenvalue weighted by Gasteiger charge is -2.37. The summed E-state index contributed by atoms with van der Waals surface area (Å²) in [5.74, 6) is 0.753. The highest BCUT2D eigenvalue weighted by atomic mass is 16.5. The molecule has 0 radical (unpaired) electrons. The third-order valence-corrected chi connectivity index (χ3v) is 4.13. The minimum atomic E-state index is 0.678. The Morgan fingerprint density at radius 2 is 1.95 bits per heavy atom. The van der Waals surface area contributed by atoms with Gasteiger partial charge in [-0.3, -0.25) is 0 Å². The van der Waals surface area contributed by atoms with E-state index in [0.717, 1.165) is 32.2 Å². The molecule has 0 saturated heterocycles. The molecule has 0 amide bonds. The molecule has 3 heteroatoms. The molecule has 2 rings (SSSR count). The smallest absolute Gasteiger partial charge is 0.0593 e. The average Bonchev–Trinajstić information content (AvgIpc) is 2.36. The molecule has 1 aliphatic carbocycles. The molecule has 1 fully saturated rings. The molecule has 0 aromatic heterocycles. The van der Waals surface area contributed by atoms with Gasteiger partial charge in [-0.2, -0.15) is 0 Å². The minimum absolute atomic E-state index is 0.678. The molecule has 1 aromatic carbocycles. The van der Waals surface area contributed by atoms with E-state index < -0.39 is 0 Å². The van der Waals surface area contributed by atoms with Gasteiger partial charge in [-0.15, -0.1) is 0 Å². The molecule has 0 bridgehead atoms. The maximum absolute atomic E-state index is 5.59. The molecule has 20 heavy (non-hydrogen) atoms. The van der Waals surface area contributed by atoms with Crippen molar-refractivity contribution >= 4 is 0 Å². The second kappa shape index (κ2) is 7.77. The number of ether oxygens (including phenoxy) is 1. The van der Waals surface area contributed by atoms with Gasteiger partial charge in [0.2, 0.25) is 0 Å². The zero-order valence-electron chi connectivity index (χ0n) is 13.1. The minimum Gasteiger partial charge on any atom is -0.379 e. The molecule has 0 spiro atoms. The molecule has 0 atom stereocenters. The molecule has 0 aliphatic heterocycles. The molecule has 1 aliphatic rings. The van der Waals surface area contributed by atoms with Crippen molar-refractivity contribution in [2.45, 2.75) is 31.7 Å². The van der Waals surface area contributed by atoms with E-state index in [-0.39, 0.29) is 0 Å². The fraction of sp³-hybridized carbons (Fsp3) is 0.647. The summed E-state index contributed by atoms with van der Waals surface area (Å²) in [5.41, 5.74) is 2.97. The molecule has 112 valence electrons. The van der Waals surface area contributed by atoms with Crippen LogP contribution in [0, 0.1) is 6.92 Å². The van der Waals surface area contributed by atoms with Crippen molar-refractivity contribution in [2.75, 3.05) is 40.4 Å².